The number of hydrogen-bond acceptors (Lipinski definition) is 5. The van der Waals surface area contributed by atoms with Crippen molar-refractivity contribution in [3.8, 4) is 0 Å². The summed E-state index contributed by atoms with van der Waals surface area (Å²) >= 11 is 1.61. The van der Waals surface area contributed by atoms with Crippen molar-refractivity contribution < 1.29 is 0 Å². The highest BCUT2D eigenvalue weighted by Gasteiger charge is 2.06. The molecule has 6 heteroatoms. The summed E-state index contributed by atoms with van der Waals surface area (Å²) in [4.78, 5) is 10.1. The first-order valence-electron chi connectivity index (χ1n) is 6.49. The van der Waals surface area contributed by atoms with Crippen molar-refractivity contribution in [3.05, 3.63) is 24.3 Å². The molecule has 0 aliphatic heterocycles. The maximum atomic E-state index is 4.54. The molecule has 0 saturated heterocycles. The van der Waals surface area contributed by atoms with E-state index >= 15 is 0 Å². The molecule has 0 aromatic carbocycles. The first-order chi connectivity index (χ1) is 9.21. The van der Waals surface area contributed by atoms with Crippen LogP contribution in [0.5, 0.6) is 0 Å². The minimum Gasteiger partial charge on any atom is -0.370 e. The summed E-state index contributed by atoms with van der Waals surface area (Å²) in [5, 5.41) is 8.44. The van der Waals surface area contributed by atoms with Gasteiger partial charge in [0.25, 0.3) is 0 Å². The topological polar surface area (TPSA) is 55.6 Å². The quantitative estimate of drug-likeness (QED) is 0.823. The van der Waals surface area contributed by atoms with Crippen LogP contribution in [0.3, 0.4) is 0 Å². The molecule has 0 unspecified atom stereocenters. The Labute approximate surface area is 117 Å². The van der Waals surface area contributed by atoms with Crippen molar-refractivity contribution in [3.63, 3.8) is 0 Å². The molecule has 0 bridgehead atoms. The monoisotopic (exact) mass is 277 g/mol. The minimum atomic E-state index is 0.836. The molecule has 2 aromatic rings. The highest BCUT2D eigenvalue weighted by molar-refractivity contribution is 7.99. The Balaban J connectivity index is 2.18. The maximum Gasteiger partial charge on any atom is 0.131 e. The van der Waals surface area contributed by atoms with Gasteiger partial charge in [-0.05, 0) is 6.42 Å². The van der Waals surface area contributed by atoms with Crippen molar-refractivity contribution in [2.45, 2.75) is 36.6 Å². The predicted octanol–water partition coefficient (Wildman–Crippen LogP) is 2.75. The number of aromatic nitrogens is 4. The van der Waals surface area contributed by atoms with Crippen LogP contribution in [-0.4, -0.2) is 26.3 Å². The molecule has 0 fully saturated rings. The SMILES string of the molecule is CCCNc1cc(Sc2cnn(C)c2)nc(CC)n1. The van der Waals surface area contributed by atoms with Crippen LogP contribution in [-0.2, 0) is 13.5 Å². The van der Waals surface area contributed by atoms with Gasteiger partial charge in [-0.25, -0.2) is 9.97 Å². The molecule has 0 amide bonds. The molecular weight excluding hydrogens is 258 g/mol. The third kappa shape index (κ3) is 3.96. The fourth-order valence-corrected chi connectivity index (χ4v) is 2.47. The van der Waals surface area contributed by atoms with Gasteiger partial charge in [-0.2, -0.15) is 5.10 Å². The summed E-state index contributed by atoms with van der Waals surface area (Å²) in [7, 11) is 1.91. The molecular formula is C13H19N5S. The molecule has 0 spiro atoms. The van der Waals surface area contributed by atoms with Gasteiger partial charge in [0.2, 0.25) is 0 Å². The van der Waals surface area contributed by atoms with Crippen molar-refractivity contribution >= 4 is 17.6 Å². The van der Waals surface area contributed by atoms with E-state index in [1.54, 1.807) is 16.4 Å². The molecule has 19 heavy (non-hydrogen) atoms. The predicted molar refractivity (Wildman–Crippen MR) is 77.5 cm³/mol. The Morgan fingerprint density at radius 1 is 1.32 bits per heavy atom. The Kier molecular flexibility index (Phi) is 4.79. The molecule has 0 saturated carbocycles. The van der Waals surface area contributed by atoms with Gasteiger partial charge < -0.3 is 5.32 Å². The Hall–Kier alpha value is -1.56. The van der Waals surface area contributed by atoms with E-state index in [2.05, 4.69) is 34.2 Å². The van der Waals surface area contributed by atoms with Crippen LogP contribution in [0, 0.1) is 0 Å². The van der Waals surface area contributed by atoms with E-state index in [0.717, 1.165) is 41.0 Å². The van der Waals surface area contributed by atoms with Gasteiger partial charge >= 0.3 is 0 Å². The molecule has 0 aliphatic carbocycles. The molecule has 5 nitrogen and oxygen atoms in total. The summed E-state index contributed by atoms with van der Waals surface area (Å²) in [6.45, 7) is 5.13. The van der Waals surface area contributed by atoms with Crippen LogP contribution < -0.4 is 5.32 Å². The molecule has 102 valence electrons. The Morgan fingerprint density at radius 2 is 2.16 bits per heavy atom. The summed E-state index contributed by atoms with van der Waals surface area (Å²) in [5.41, 5.74) is 0. The van der Waals surface area contributed by atoms with E-state index < -0.39 is 0 Å². The zero-order chi connectivity index (χ0) is 13.7. The van der Waals surface area contributed by atoms with Crippen LogP contribution in [0.2, 0.25) is 0 Å². The molecule has 2 rings (SSSR count). The van der Waals surface area contributed by atoms with Gasteiger partial charge in [-0.15, -0.1) is 0 Å². The number of hydrogen-bond donors (Lipinski definition) is 1. The lowest BCUT2D eigenvalue weighted by Gasteiger charge is -2.07. The van der Waals surface area contributed by atoms with Gasteiger partial charge in [-0.3, -0.25) is 4.68 Å². The Morgan fingerprint density at radius 3 is 2.79 bits per heavy atom. The van der Waals surface area contributed by atoms with E-state index in [1.807, 2.05) is 25.5 Å². The van der Waals surface area contributed by atoms with E-state index in [0.29, 0.717) is 0 Å². The van der Waals surface area contributed by atoms with Gasteiger partial charge in [0.1, 0.15) is 16.7 Å². The zero-order valence-electron chi connectivity index (χ0n) is 11.6. The smallest absolute Gasteiger partial charge is 0.131 e. The van der Waals surface area contributed by atoms with Gasteiger partial charge in [0.15, 0.2) is 0 Å². The van der Waals surface area contributed by atoms with E-state index in [-0.39, 0.29) is 0 Å². The van der Waals surface area contributed by atoms with Crippen LogP contribution in [0.15, 0.2) is 28.4 Å². The molecule has 1 N–H and O–H groups in total. The number of anilines is 1. The fraction of sp³-hybridized carbons (Fsp3) is 0.462. The zero-order valence-corrected chi connectivity index (χ0v) is 12.4. The van der Waals surface area contributed by atoms with E-state index in [1.165, 1.54) is 0 Å². The number of aryl methyl sites for hydroxylation is 2. The van der Waals surface area contributed by atoms with Gasteiger partial charge in [0.05, 0.1) is 11.1 Å². The van der Waals surface area contributed by atoms with Crippen molar-refractivity contribution in [1.29, 1.82) is 0 Å². The highest BCUT2D eigenvalue weighted by atomic mass is 32.2. The van der Waals surface area contributed by atoms with Crippen molar-refractivity contribution in [2.75, 3.05) is 11.9 Å². The highest BCUT2D eigenvalue weighted by Crippen LogP contribution is 2.26. The van der Waals surface area contributed by atoms with Crippen LogP contribution in [0.25, 0.3) is 0 Å². The van der Waals surface area contributed by atoms with Gasteiger partial charge in [-0.1, -0.05) is 25.6 Å². The summed E-state index contributed by atoms with van der Waals surface area (Å²) in [5.74, 6) is 1.77. The second-order valence-corrected chi connectivity index (χ2v) is 5.33. The number of rotatable bonds is 6. The number of nitrogens with one attached hydrogen (secondary N) is 1. The third-order valence-electron chi connectivity index (χ3n) is 2.52. The average molecular weight is 277 g/mol. The largest absolute Gasteiger partial charge is 0.370 e. The lowest BCUT2D eigenvalue weighted by molar-refractivity contribution is 0.766. The van der Waals surface area contributed by atoms with Crippen LogP contribution in [0.4, 0.5) is 5.82 Å². The van der Waals surface area contributed by atoms with Crippen molar-refractivity contribution in [2.24, 2.45) is 7.05 Å². The first-order valence-corrected chi connectivity index (χ1v) is 7.31. The summed E-state index contributed by atoms with van der Waals surface area (Å²) in [6, 6.07) is 1.99. The molecule has 2 heterocycles. The third-order valence-corrected chi connectivity index (χ3v) is 3.39. The standard InChI is InChI=1S/C13H19N5S/c1-4-6-14-12-7-13(17-11(5-2)16-12)19-10-8-15-18(3)9-10/h7-9H,4-6H2,1-3H3,(H,14,16,17). The normalized spacial score (nSPS) is 10.7. The molecule has 0 atom stereocenters. The first kappa shape index (κ1) is 13.9. The molecule has 0 radical (unpaired) electrons. The number of nitrogens with zero attached hydrogens (tertiary/aromatic N) is 4. The second kappa shape index (κ2) is 6.56. The van der Waals surface area contributed by atoms with Gasteiger partial charge in [0, 0.05) is 32.3 Å². The van der Waals surface area contributed by atoms with E-state index in [9.17, 15) is 0 Å². The van der Waals surface area contributed by atoms with Crippen LogP contribution >= 0.6 is 11.8 Å². The summed E-state index contributed by atoms with van der Waals surface area (Å²) < 4.78 is 1.79. The molecule has 2 aromatic heterocycles. The van der Waals surface area contributed by atoms with E-state index in [4.69, 9.17) is 0 Å². The minimum absolute atomic E-state index is 0.836. The second-order valence-electron chi connectivity index (χ2n) is 4.24. The lowest BCUT2D eigenvalue weighted by atomic mass is 10.4. The lowest BCUT2D eigenvalue weighted by Crippen LogP contribution is -2.05. The summed E-state index contributed by atoms with van der Waals surface area (Å²) in [6.07, 6.45) is 5.74. The average Bonchev–Trinajstić information content (AvgIpc) is 2.81. The van der Waals surface area contributed by atoms with Crippen molar-refractivity contribution in [1.82, 2.24) is 19.7 Å². The fourth-order valence-electron chi connectivity index (χ4n) is 1.60. The Bertz CT molecular complexity index is 538. The van der Waals surface area contributed by atoms with Crippen LogP contribution in [0.1, 0.15) is 26.1 Å². The molecule has 0 aliphatic rings. The maximum absolute atomic E-state index is 4.54.